The summed E-state index contributed by atoms with van der Waals surface area (Å²) in [7, 11) is 0. The number of amides is 1. The molecule has 0 saturated heterocycles. The lowest BCUT2D eigenvalue weighted by Crippen LogP contribution is -2.34. The summed E-state index contributed by atoms with van der Waals surface area (Å²) in [6.45, 7) is 2.93. The van der Waals surface area contributed by atoms with E-state index in [0.29, 0.717) is 18.2 Å². The number of rotatable bonds is 5. The number of aromatic nitrogens is 1. The molecule has 106 valence electrons. The van der Waals surface area contributed by atoms with Gasteiger partial charge >= 0.3 is 0 Å². The lowest BCUT2D eigenvalue weighted by molar-refractivity contribution is 0.0737. The van der Waals surface area contributed by atoms with Crippen molar-refractivity contribution in [3.05, 3.63) is 29.6 Å². The van der Waals surface area contributed by atoms with Crippen molar-refractivity contribution >= 4 is 5.91 Å². The van der Waals surface area contributed by atoms with Gasteiger partial charge in [-0.2, -0.15) is 0 Å². The lowest BCUT2D eigenvalue weighted by Gasteiger charge is -2.21. The third kappa shape index (κ3) is 3.82. The molecule has 1 aliphatic rings. The number of carbonyl (C=O) groups is 1. The third-order valence-electron chi connectivity index (χ3n) is 3.17. The molecule has 1 fully saturated rings. The quantitative estimate of drug-likeness (QED) is 0.832. The van der Waals surface area contributed by atoms with Crippen LogP contribution < -0.4 is 0 Å². The minimum atomic E-state index is 0.0178. The van der Waals surface area contributed by atoms with E-state index in [2.05, 4.69) is 23.7 Å². The molecule has 1 N–H and O–H groups in total. The normalized spacial score (nSPS) is 13.5. The summed E-state index contributed by atoms with van der Waals surface area (Å²) in [5, 5.41) is 8.66. The Morgan fingerprint density at radius 3 is 2.85 bits per heavy atom. The maximum atomic E-state index is 12.4. The molecule has 0 aromatic carbocycles. The van der Waals surface area contributed by atoms with Crippen molar-refractivity contribution in [3.8, 4) is 11.8 Å². The van der Waals surface area contributed by atoms with Crippen molar-refractivity contribution in [3.63, 3.8) is 0 Å². The number of nitrogens with zero attached hydrogens (tertiary/aromatic N) is 2. The van der Waals surface area contributed by atoms with Crippen molar-refractivity contribution in [1.29, 1.82) is 0 Å². The second-order valence-electron chi connectivity index (χ2n) is 4.94. The molecule has 0 bridgehead atoms. The average Bonchev–Trinajstić information content (AvgIpc) is 3.30. The number of aliphatic hydroxyl groups excluding tert-OH is 1. The second kappa shape index (κ2) is 7.06. The predicted octanol–water partition coefficient (Wildman–Crippen LogP) is 1.83. The van der Waals surface area contributed by atoms with Crippen molar-refractivity contribution < 1.29 is 9.90 Å². The van der Waals surface area contributed by atoms with Gasteiger partial charge in [0.15, 0.2) is 0 Å². The highest BCUT2D eigenvalue weighted by atomic mass is 16.2. The number of hydrogen-bond acceptors (Lipinski definition) is 3. The fourth-order valence-electron chi connectivity index (χ4n) is 2.04. The summed E-state index contributed by atoms with van der Waals surface area (Å²) in [4.78, 5) is 18.5. The Bertz CT molecular complexity index is 510. The lowest BCUT2D eigenvalue weighted by atomic mass is 10.2. The summed E-state index contributed by atoms with van der Waals surface area (Å²) in [5.74, 6) is 5.76. The monoisotopic (exact) mass is 272 g/mol. The zero-order valence-corrected chi connectivity index (χ0v) is 11.8. The van der Waals surface area contributed by atoms with Crippen molar-refractivity contribution in [2.45, 2.75) is 38.6 Å². The van der Waals surface area contributed by atoms with E-state index < -0.39 is 0 Å². The van der Waals surface area contributed by atoms with Crippen LogP contribution in [0.25, 0.3) is 0 Å². The van der Waals surface area contributed by atoms with Crippen LogP contribution in [0.4, 0.5) is 0 Å². The summed E-state index contributed by atoms with van der Waals surface area (Å²) in [6, 6.07) is 3.95. The Morgan fingerprint density at radius 2 is 2.30 bits per heavy atom. The van der Waals surface area contributed by atoms with E-state index in [-0.39, 0.29) is 12.5 Å². The molecule has 4 nitrogen and oxygen atoms in total. The van der Waals surface area contributed by atoms with Gasteiger partial charge in [0.05, 0.1) is 6.61 Å². The first-order chi connectivity index (χ1) is 9.76. The Morgan fingerprint density at radius 1 is 1.50 bits per heavy atom. The van der Waals surface area contributed by atoms with E-state index in [9.17, 15) is 4.79 Å². The van der Waals surface area contributed by atoms with E-state index in [0.717, 1.165) is 31.4 Å². The third-order valence-corrected chi connectivity index (χ3v) is 3.17. The summed E-state index contributed by atoms with van der Waals surface area (Å²) < 4.78 is 0. The van der Waals surface area contributed by atoms with E-state index in [1.165, 1.54) is 0 Å². The van der Waals surface area contributed by atoms with Gasteiger partial charge in [0.1, 0.15) is 5.69 Å². The molecule has 20 heavy (non-hydrogen) atoms. The topological polar surface area (TPSA) is 53.4 Å². The van der Waals surface area contributed by atoms with Crippen LogP contribution in [0.2, 0.25) is 0 Å². The van der Waals surface area contributed by atoms with Gasteiger partial charge in [-0.05, 0) is 31.4 Å². The fourth-order valence-corrected chi connectivity index (χ4v) is 2.04. The molecule has 0 radical (unpaired) electrons. The minimum absolute atomic E-state index is 0.0178. The largest absolute Gasteiger partial charge is 0.395 e. The minimum Gasteiger partial charge on any atom is -0.395 e. The van der Waals surface area contributed by atoms with Crippen LogP contribution in [0.3, 0.4) is 0 Å². The zero-order valence-electron chi connectivity index (χ0n) is 11.8. The van der Waals surface area contributed by atoms with Gasteiger partial charge in [0, 0.05) is 30.8 Å². The highest BCUT2D eigenvalue weighted by Crippen LogP contribution is 2.28. The van der Waals surface area contributed by atoms with Crippen LogP contribution >= 0.6 is 0 Å². The summed E-state index contributed by atoms with van der Waals surface area (Å²) in [6.07, 6.45) is 5.25. The Labute approximate surface area is 119 Å². The van der Waals surface area contributed by atoms with E-state index >= 15 is 0 Å². The molecular weight excluding hydrogens is 252 g/mol. The first kappa shape index (κ1) is 14.5. The van der Waals surface area contributed by atoms with E-state index in [4.69, 9.17) is 5.11 Å². The van der Waals surface area contributed by atoms with Crippen molar-refractivity contribution in [1.82, 2.24) is 9.88 Å². The van der Waals surface area contributed by atoms with Gasteiger partial charge in [0.25, 0.3) is 5.91 Å². The molecule has 4 heteroatoms. The Hall–Kier alpha value is -1.86. The van der Waals surface area contributed by atoms with Crippen molar-refractivity contribution in [2.75, 3.05) is 13.2 Å². The van der Waals surface area contributed by atoms with Crippen molar-refractivity contribution in [2.24, 2.45) is 0 Å². The molecule has 1 heterocycles. The van der Waals surface area contributed by atoms with Gasteiger partial charge < -0.3 is 10.0 Å². The molecule has 1 aromatic heterocycles. The molecule has 2 rings (SSSR count). The molecule has 1 saturated carbocycles. The van der Waals surface area contributed by atoms with Gasteiger partial charge in [0.2, 0.25) is 0 Å². The van der Waals surface area contributed by atoms with Gasteiger partial charge in [-0.25, -0.2) is 4.98 Å². The first-order valence-electron chi connectivity index (χ1n) is 7.13. The van der Waals surface area contributed by atoms with Gasteiger partial charge in [-0.1, -0.05) is 18.8 Å². The Kier molecular flexibility index (Phi) is 5.14. The van der Waals surface area contributed by atoms with Gasteiger partial charge in [-0.3, -0.25) is 4.79 Å². The number of carbonyl (C=O) groups excluding carboxylic acids is 1. The summed E-state index contributed by atoms with van der Waals surface area (Å²) in [5.41, 5.74) is 1.25. The molecule has 1 aromatic rings. The molecular formula is C16H20N2O2. The number of hydrogen-bond donors (Lipinski definition) is 1. The molecule has 0 aliphatic heterocycles. The van der Waals surface area contributed by atoms with E-state index in [1.54, 1.807) is 12.3 Å². The molecule has 1 aliphatic carbocycles. The molecule has 0 unspecified atom stereocenters. The maximum Gasteiger partial charge on any atom is 0.272 e. The zero-order chi connectivity index (χ0) is 14.4. The van der Waals surface area contributed by atoms with Crippen LogP contribution in [0, 0.1) is 11.8 Å². The number of aliphatic hydroxyl groups is 1. The Balaban J connectivity index is 2.05. The fraction of sp³-hybridized carbons (Fsp3) is 0.500. The number of pyridine rings is 1. The van der Waals surface area contributed by atoms with E-state index in [1.807, 2.05) is 11.0 Å². The highest BCUT2D eigenvalue weighted by Gasteiger charge is 2.32. The first-order valence-corrected chi connectivity index (χ1v) is 7.13. The highest BCUT2D eigenvalue weighted by molar-refractivity contribution is 5.92. The molecule has 0 spiro atoms. The van der Waals surface area contributed by atoms with Crippen LogP contribution in [0.15, 0.2) is 18.3 Å². The van der Waals surface area contributed by atoms with Crippen LogP contribution in [-0.2, 0) is 0 Å². The average molecular weight is 272 g/mol. The SMILES string of the molecule is CCCN(C(=O)c1ccc(C#CCCO)cn1)C1CC1. The summed E-state index contributed by atoms with van der Waals surface area (Å²) >= 11 is 0. The van der Waals surface area contributed by atoms with Gasteiger partial charge in [-0.15, -0.1) is 0 Å². The second-order valence-corrected chi connectivity index (χ2v) is 4.94. The van der Waals surface area contributed by atoms with Crippen LogP contribution in [0.1, 0.15) is 48.7 Å². The van der Waals surface area contributed by atoms with Crippen LogP contribution in [-0.4, -0.2) is 40.1 Å². The maximum absolute atomic E-state index is 12.4. The standard InChI is InChI=1S/C16H20N2O2/c1-2-10-18(14-7-8-14)16(20)15-9-6-13(12-17-15)5-3-4-11-19/h6,9,12,14,19H,2,4,7-8,10-11H2,1H3. The smallest absolute Gasteiger partial charge is 0.272 e. The predicted molar refractivity (Wildman–Crippen MR) is 77.2 cm³/mol. The molecule has 1 amide bonds. The van der Waals surface area contributed by atoms with Crippen LogP contribution in [0.5, 0.6) is 0 Å². The molecule has 0 atom stereocenters.